The molecule has 0 bridgehead atoms. The molecule has 1 amide bonds. The van der Waals surface area contributed by atoms with Crippen molar-refractivity contribution in [2.75, 3.05) is 13.2 Å². The van der Waals surface area contributed by atoms with Gasteiger partial charge in [0, 0.05) is 0 Å². The Morgan fingerprint density at radius 3 is 1.96 bits per heavy atom. The molecule has 0 saturated carbocycles. The Hall–Kier alpha value is -1.52. The number of unbranched alkanes of at least 4 members (excludes halogenated alkanes) is 10. The van der Waals surface area contributed by atoms with Crippen LogP contribution in [0.1, 0.15) is 84.5 Å². The van der Waals surface area contributed by atoms with Gasteiger partial charge in [0.1, 0.15) is 12.6 Å². The standard InChI is InChI=1S/C20H37NO4/c1-4-6-7-8-9-10-11-12-13-14-15-17-24-19(22)18(3)21-20(23)25-16-5-2/h5,18H,2,4,6-17H2,1,3H3,(H,21,23)/t18-/m0/s1. The van der Waals surface area contributed by atoms with Gasteiger partial charge in [-0.25, -0.2) is 9.59 Å². The van der Waals surface area contributed by atoms with Gasteiger partial charge in [0.25, 0.3) is 0 Å². The van der Waals surface area contributed by atoms with Crippen molar-refractivity contribution in [2.24, 2.45) is 0 Å². The largest absolute Gasteiger partial charge is 0.464 e. The molecule has 0 unspecified atom stereocenters. The maximum absolute atomic E-state index is 11.7. The maximum atomic E-state index is 11.7. The third-order valence-corrected chi connectivity index (χ3v) is 4.01. The van der Waals surface area contributed by atoms with E-state index in [9.17, 15) is 9.59 Å². The van der Waals surface area contributed by atoms with E-state index >= 15 is 0 Å². The summed E-state index contributed by atoms with van der Waals surface area (Å²) in [6, 6.07) is -0.704. The van der Waals surface area contributed by atoms with Gasteiger partial charge in [-0.05, 0) is 13.3 Å². The molecule has 0 aromatic carbocycles. The molecule has 146 valence electrons. The van der Waals surface area contributed by atoms with Gasteiger partial charge in [-0.15, -0.1) is 0 Å². The Morgan fingerprint density at radius 2 is 1.44 bits per heavy atom. The van der Waals surface area contributed by atoms with Gasteiger partial charge < -0.3 is 14.8 Å². The molecule has 25 heavy (non-hydrogen) atoms. The van der Waals surface area contributed by atoms with Crippen molar-refractivity contribution in [1.82, 2.24) is 5.32 Å². The summed E-state index contributed by atoms with van der Waals surface area (Å²) >= 11 is 0. The lowest BCUT2D eigenvalue weighted by molar-refractivity contribution is -0.145. The lowest BCUT2D eigenvalue weighted by atomic mass is 10.1. The van der Waals surface area contributed by atoms with Crippen molar-refractivity contribution in [2.45, 2.75) is 90.5 Å². The zero-order valence-corrected chi connectivity index (χ0v) is 16.2. The minimum Gasteiger partial charge on any atom is -0.464 e. The Balaban J connectivity index is 3.42. The van der Waals surface area contributed by atoms with Gasteiger partial charge in [0.15, 0.2) is 0 Å². The van der Waals surface area contributed by atoms with Gasteiger partial charge in [0.2, 0.25) is 0 Å². The smallest absolute Gasteiger partial charge is 0.408 e. The van der Waals surface area contributed by atoms with E-state index < -0.39 is 18.1 Å². The zero-order chi connectivity index (χ0) is 18.8. The number of nitrogens with one attached hydrogen (secondary N) is 1. The normalized spacial score (nSPS) is 11.6. The fourth-order valence-corrected chi connectivity index (χ4v) is 2.48. The van der Waals surface area contributed by atoms with Crippen molar-refractivity contribution >= 4 is 12.1 Å². The first kappa shape index (κ1) is 23.5. The fraction of sp³-hybridized carbons (Fsp3) is 0.800. The van der Waals surface area contributed by atoms with Crippen molar-refractivity contribution < 1.29 is 19.1 Å². The van der Waals surface area contributed by atoms with E-state index in [0.29, 0.717) is 6.61 Å². The number of carbonyl (C=O) groups excluding carboxylic acids is 2. The van der Waals surface area contributed by atoms with E-state index in [1.807, 2.05) is 0 Å². The number of hydrogen-bond donors (Lipinski definition) is 1. The van der Waals surface area contributed by atoms with Crippen molar-refractivity contribution in [1.29, 1.82) is 0 Å². The SMILES string of the molecule is C=CCOC(=O)N[C@@H](C)C(=O)OCCCCCCCCCCCCC. The van der Waals surface area contributed by atoms with Gasteiger partial charge in [-0.1, -0.05) is 83.8 Å². The third kappa shape index (κ3) is 15.7. The first-order valence-electron chi connectivity index (χ1n) is 9.82. The molecule has 1 N–H and O–H groups in total. The molecule has 0 spiro atoms. The van der Waals surface area contributed by atoms with Crippen LogP contribution in [0.3, 0.4) is 0 Å². The average molecular weight is 356 g/mol. The second-order valence-electron chi connectivity index (χ2n) is 6.46. The van der Waals surface area contributed by atoms with Crippen LogP contribution in [0.2, 0.25) is 0 Å². The Morgan fingerprint density at radius 1 is 0.920 bits per heavy atom. The minimum atomic E-state index is -0.704. The van der Waals surface area contributed by atoms with E-state index in [4.69, 9.17) is 9.47 Å². The highest BCUT2D eigenvalue weighted by Gasteiger charge is 2.17. The summed E-state index contributed by atoms with van der Waals surface area (Å²) < 4.78 is 9.92. The van der Waals surface area contributed by atoms with E-state index in [1.54, 1.807) is 6.92 Å². The number of carbonyl (C=O) groups is 2. The summed E-state index contributed by atoms with van der Waals surface area (Å²) in [7, 11) is 0. The van der Waals surface area contributed by atoms with E-state index in [-0.39, 0.29) is 6.61 Å². The first-order chi connectivity index (χ1) is 12.1. The van der Waals surface area contributed by atoms with Crippen LogP contribution in [-0.2, 0) is 14.3 Å². The van der Waals surface area contributed by atoms with Crippen LogP contribution in [-0.4, -0.2) is 31.3 Å². The van der Waals surface area contributed by atoms with Gasteiger partial charge in [-0.2, -0.15) is 0 Å². The highest BCUT2D eigenvalue weighted by atomic mass is 16.6. The second kappa shape index (κ2) is 17.3. The van der Waals surface area contributed by atoms with Crippen molar-refractivity contribution in [3.63, 3.8) is 0 Å². The molecule has 0 fully saturated rings. The molecule has 0 radical (unpaired) electrons. The van der Waals surface area contributed by atoms with Crippen LogP contribution < -0.4 is 5.32 Å². The molecule has 5 heteroatoms. The number of amides is 1. The van der Waals surface area contributed by atoms with Crippen LogP contribution in [0.25, 0.3) is 0 Å². The van der Waals surface area contributed by atoms with E-state index in [2.05, 4.69) is 18.8 Å². The molecule has 0 aromatic heterocycles. The molecule has 5 nitrogen and oxygen atoms in total. The van der Waals surface area contributed by atoms with E-state index in [1.165, 1.54) is 63.9 Å². The minimum absolute atomic E-state index is 0.117. The highest BCUT2D eigenvalue weighted by molar-refractivity contribution is 5.80. The molecule has 0 aliphatic heterocycles. The molecule has 0 aromatic rings. The maximum Gasteiger partial charge on any atom is 0.408 e. The van der Waals surface area contributed by atoms with Gasteiger partial charge in [-0.3, -0.25) is 0 Å². The number of hydrogen-bond acceptors (Lipinski definition) is 4. The van der Waals surface area contributed by atoms with Crippen molar-refractivity contribution in [3.8, 4) is 0 Å². The van der Waals surface area contributed by atoms with Gasteiger partial charge in [0.05, 0.1) is 6.61 Å². The fourth-order valence-electron chi connectivity index (χ4n) is 2.48. The first-order valence-corrected chi connectivity index (χ1v) is 9.82. The summed E-state index contributed by atoms with van der Waals surface area (Å²) in [5.41, 5.74) is 0. The molecule has 1 atom stereocenters. The Kier molecular flexibility index (Phi) is 16.3. The van der Waals surface area contributed by atoms with Crippen LogP contribution in [0.15, 0.2) is 12.7 Å². The van der Waals surface area contributed by atoms with Crippen LogP contribution in [0, 0.1) is 0 Å². The molecule has 0 rings (SSSR count). The summed E-state index contributed by atoms with van der Waals surface area (Å²) in [6.45, 7) is 7.79. The van der Waals surface area contributed by atoms with Gasteiger partial charge >= 0.3 is 12.1 Å². The monoisotopic (exact) mass is 355 g/mol. The predicted octanol–water partition coefficient (Wildman–Crippen LogP) is 5.14. The number of ether oxygens (including phenoxy) is 2. The second-order valence-corrected chi connectivity index (χ2v) is 6.46. The molecule has 0 aliphatic rings. The van der Waals surface area contributed by atoms with E-state index in [0.717, 1.165) is 12.8 Å². The number of esters is 1. The lowest BCUT2D eigenvalue weighted by Crippen LogP contribution is -2.40. The highest BCUT2D eigenvalue weighted by Crippen LogP contribution is 2.11. The quantitative estimate of drug-likeness (QED) is 0.236. The Labute approximate surface area is 153 Å². The summed E-state index contributed by atoms with van der Waals surface area (Å²) in [6.07, 6.45) is 14.6. The molecule has 0 saturated heterocycles. The molecular formula is C20H37NO4. The summed E-state index contributed by atoms with van der Waals surface area (Å²) in [5, 5.41) is 2.42. The molecular weight excluding hydrogens is 318 g/mol. The topological polar surface area (TPSA) is 64.6 Å². The zero-order valence-electron chi connectivity index (χ0n) is 16.2. The lowest BCUT2D eigenvalue weighted by Gasteiger charge is -2.13. The number of rotatable bonds is 16. The average Bonchev–Trinajstić information content (AvgIpc) is 2.60. The summed E-state index contributed by atoms with van der Waals surface area (Å²) in [4.78, 5) is 23.0. The number of alkyl carbamates (subject to hydrolysis) is 1. The van der Waals surface area contributed by atoms with Crippen LogP contribution in [0.5, 0.6) is 0 Å². The Bertz CT molecular complexity index is 358. The summed E-state index contributed by atoms with van der Waals surface area (Å²) in [5.74, 6) is -0.428. The molecule has 0 heterocycles. The third-order valence-electron chi connectivity index (χ3n) is 4.01. The van der Waals surface area contributed by atoms with Crippen LogP contribution in [0.4, 0.5) is 4.79 Å². The van der Waals surface area contributed by atoms with Crippen LogP contribution >= 0.6 is 0 Å². The predicted molar refractivity (Wildman–Crippen MR) is 102 cm³/mol. The molecule has 0 aliphatic carbocycles. The van der Waals surface area contributed by atoms with Crippen molar-refractivity contribution in [3.05, 3.63) is 12.7 Å².